The number of piperidine rings is 1. The lowest BCUT2D eigenvalue weighted by molar-refractivity contribution is 0.0871. The number of sulfone groups is 1. The molecule has 0 aromatic rings. The molecule has 0 amide bonds. The van der Waals surface area contributed by atoms with Crippen LogP contribution in [0.15, 0.2) is 0 Å². The minimum Gasteiger partial charge on any atom is -0.393 e. The molecule has 1 aliphatic heterocycles. The van der Waals surface area contributed by atoms with Gasteiger partial charge in [0.1, 0.15) is 9.84 Å². The van der Waals surface area contributed by atoms with Crippen molar-refractivity contribution >= 4 is 9.84 Å². The highest BCUT2D eigenvalue weighted by Crippen LogP contribution is 2.21. The first kappa shape index (κ1) is 15.9. The van der Waals surface area contributed by atoms with Crippen molar-refractivity contribution < 1.29 is 13.5 Å². The van der Waals surface area contributed by atoms with Crippen molar-refractivity contribution in [3.63, 3.8) is 0 Å². The van der Waals surface area contributed by atoms with Crippen LogP contribution in [0.3, 0.4) is 0 Å². The highest BCUT2D eigenvalue weighted by Gasteiger charge is 2.23. The highest BCUT2D eigenvalue weighted by atomic mass is 32.2. The van der Waals surface area contributed by atoms with Crippen LogP contribution in [0.1, 0.15) is 46.0 Å². The van der Waals surface area contributed by atoms with Crippen LogP contribution in [0.4, 0.5) is 0 Å². The molecule has 1 saturated heterocycles. The maximum absolute atomic E-state index is 11.4. The number of nitrogens with zero attached hydrogens (tertiary/aromatic N) is 1. The molecule has 0 aromatic heterocycles. The van der Waals surface area contributed by atoms with Crippen LogP contribution in [0.25, 0.3) is 0 Å². The lowest BCUT2D eigenvalue weighted by atomic mass is 9.97. The summed E-state index contributed by atoms with van der Waals surface area (Å²) in [4.78, 5) is 2.36. The summed E-state index contributed by atoms with van der Waals surface area (Å²) in [5.41, 5.74) is 0. The Bertz CT molecular complexity index is 327. The van der Waals surface area contributed by atoms with Crippen molar-refractivity contribution in [2.75, 3.05) is 24.6 Å². The van der Waals surface area contributed by atoms with Gasteiger partial charge >= 0.3 is 0 Å². The summed E-state index contributed by atoms with van der Waals surface area (Å²) in [6.07, 6.45) is 4.80. The summed E-state index contributed by atoms with van der Waals surface area (Å²) in [5, 5.41) is 9.49. The molecule has 1 aliphatic rings. The van der Waals surface area contributed by atoms with E-state index in [1.807, 2.05) is 6.92 Å². The third-order valence-corrected chi connectivity index (χ3v) is 5.49. The second-order valence-corrected chi connectivity index (χ2v) is 7.83. The summed E-state index contributed by atoms with van der Waals surface area (Å²) in [6, 6.07) is 0.433. The van der Waals surface area contributed by atoms with Gasteiger partial charge in [0.25, 0.3) is 0 Å². The van der Waals surface area contributed by atoms with Gasteiger partial charge in [-0.2, -0.15) is 0 Å². The zero-order chi connectivity index (χ0) is 13.6. The Balaban J connectivity index is 2.38. The number of likely N-dealkylation sites (tertiary alicyclic amines) is 1. The maximum atomic E-state index is 11.4. The van der Waals surface area contributed by atoms with Crippen molar-refractivity contribution in [3.8, 4) is 0 Å². The van der Waals surface area contributed by atoms with Crippen molar-refractivity contribution in [2.24, 2.45) is 0 Å². The van der Waals surface area contributed by atoms with E-state index in [0.717, 1.165) is 25.9 Å². The normalized spacial score (nSPS) is 24.1. The maximum Gasteiger partial charge on any atom is 0.150 e. The van der Waals surface area contributed by atoms with Crippen molar-refractivity contribution in [3.05, 3.63) is 0 Å². The Morgan fingerprint density at radius 2 is 2.11 bits per heavy atom. The van der Waals surface area contributed by atoms with Gasteiger partial charge in [0, 0.05) is 11.8 Å². The number of hydrogen-bond acceptors (Lipinski definition) is 4. The molecule has 0 aromatic carbocycles. The first-order chi connectivity index (χ1) is 8.44. The Morgan fingerprint density at radius 3 is 2.72 bits per heavy atom. The lowest BCUT2D eigenvalue weighted by Crippen LogP contribution is -2.42. The molecule has 2 unspecified atom stereocenters. The second kappa shape index (κ2) is 7.46. The molecule has 18 heavy (non-hydrogen) atoms. The van der Waals surface area contributed by atoms with Crippen molar-refractivity contribution in [1.82, 2.24) is 4.90 Å². The smallest absolute Gasteiger partial charge is 0.150 e. The SMILES string of the molecule is CCS(=O)(=O)CCCN1CCCCC1CC(C)O. The molecule has 0 radical (unpaired) electrons. The van der Waals surface area contributed by atoms with E-state index in [1.165, 1.54) is 12.8 Å². The van der Waals surface area contributed by atoms with Crippen LogP contribution in [-0.4, -0.2) is 55.2 Å². The van der Waals surface area contributed by atoms with Gasteiger partial charge in [-0.3, -0.25) is 0 Å². The van der Waals surface area contributed by atoms with Crippen LogP contribution in [-0.2, 0) is 9.84 Å². The monoisotopic (exact) mass is 277 g/mol. The molecule has 1 heterocycles. The summed E-state index contributed by atoms with van der Waals surface area (Å²) < 4.78 is 22.9. The first-order valence-electron chi connectivity index (χ1n) is 7.07. The van der Waals surface area contributed by atoms with E-state index in [1.54, 1.807) is 6.92 Å². The fraction of sp³-hybridized carbons (Fsp3) is 1.00. The van der Waals surface area contributed by atoms with Gasteiger partial charge in [-0.15, -0.1) is 0 Å². The van der Waals surface area contributed by atoms with Crippen LogP contribution in [0, 0.1) is 0 Å². The molecule has 0 aliphatic carbocycles. The van der Waals surface area contributed by atoms with E-state index in [0.29, 0.717) is 18.2 Å². The summed E-state index contributed by atoms with van der Waals surface area (Å²) in [6.45, 7) is 5.42. The number of aliphatic hydroxyl groups is 1. The van der Waals surface area contributed by atoms with Gasteiger partial charge < -0.3 is 10.0 Å². The quantitative estimate of drug-likeness (QED) is 0.765. The summed E-state index contributed by atoms with van der Waals surface area (Å²) >= 11 is 0. The van der Waals surface area contributed by atoms with E-state index >= 15 is 0 Å². The van der Waals surface area contributed by atoms with Gasteiger partial charge in [-0.25, -0.2) is 8.42 Å². The molecule has 0 bridgehead atoms. The van der Waals surface area contributed by atoms with E-state index in [4.69, 9.17) is 0 Å². The Hall–Kier alpha value is -0.130. The number of rotatable bonds is 7. The van der Waals surface area contributed by atoms with Crippen molar-refractivity contribution in [1.29, 1.82) is 0 Å². The largest absolute Gasteiger partial charge is 0.393 e. The van der Waals surface area contributed by atoms with Gasteiger partial charge in [0.15, 0.2) is 0 Å². The zero-order valence-electron chi connectivity index (χ0n) is 11.6. The van der Waals surface area contributed by atoms with Gasteiger partial charge in [0.2, 0.25) is 0 Å². The summed E-state index contributed by atoms with van der Waals surface area (Å²) in [7, 11) is -2.84. The van der Waals surface area contributed by atoms with Crippen molar-refractivity contribution in [2.45, 2.75) is 58.1 Å². The van der Waals surface area contributed by atoms with Gasteiger partial charge in [-0.1, -0.05) is 13.3 Å². The minimum atomic E-state index is -2.84. The zero-order valence-corrected chi connectivity index (χ0v) is 12.5. The fourth-order valence-corrected chi connectivity index (χ4v) is 3.50. The third-order valence-electron chi connectivity index (χ3n) is 3.70. The molecule has 1 N–H and O–H groups in total. The Morgan fingerprint density at radius 1 is 1.39 bits per heavy atom. The molecule has 108 valence electrons. The molecule has 1 rings (SSSR count). The first-order valence-corrected chi connectivity index (χ1v) is 8.89. The standard InChI is InChI=1S/C13H27NO3S/c1-3-18(16,17)10-6-9-14-8-5-4-7-13(14)11-12(2)15/h12-13,15H,3-11H2,1-2H3. The van der Waals surface area contributed by atoms with E-state index in [-0.39, 0.29) is 11.9 Å². The fourth-order valence-electron chi connectivity index (χ4n) is 2.65. The van der Waals surface area contributed by atoms with Crippen LogP contribution in [0.2, 0.25) is 0 Å². The molecule has 1 fully saturated rings. The molecule has 4 nitrogen and oxygen atoms in total. The highest BCUT2D eigenvalue weighted by molar-refractivity contribution is 7.91. The molecule has 0 saturated carbocycles. The number of hydrogen-bond donors (Lipinski definition) is 1. The predicted octanol–water partition coefficient (Wildman–Crippen LogP) is 1.44. The number of aliphatic hydroxyl groups excluding tert-OH is 1. The summed E-state index contributed by atoms with van der Waals surface area (Å²) in [5.74, 6) is 0.533. The van der Waals surface area contributed by atoms with Gasteiger partial charge in [0.05, 0.1) is 11.9 Å². The molecular formula is C13H27NO3S. The molecule has 5 heteroatoms. The average Bonchev–Trinajstić information content (AvgIpc) is 2.30. The second-order valence-electron chi connectivity index (χ2n) is 5.36. The van der Waals surface area contributed by atoms with E-state index in [2.05, 4.69) is 4.90 Å². The predicted molar refractivity (Wildman–Crippen MR) is 74.5 cm³/mol. The lowest BCUT2D eigenvalue weighted by Gasteiger charge is -2.36. The van der Waals surface area contributed by atoms with Crippen LogP contribution >= 0.6 is 0 Å². The van der Waals surface area contributed by atoms with Crippen LogP contribution in [0.5, 0.6) is 0 Å². The molecule has 2 atom stereocenters. The third kappa shape index (κ3) is 5.67. The van der Waals surface area contributed by atoms with E-state index < -0.39 is 9.84 Å². The Kier molecular flexibility index (Phi) is 6.60. The Labute approximate surface area is 111 Å². The average molecular weight is 277 g/mol. The minimum absolute atomic E-state index is 0.240. The topological polar surface area (TPSA) is 57.6 Å². The van der Waals surface area contributed by atoms with Crippen LogP contribution < -0.4 is 0 Å². The van der Waals surface area contributed by atoms with E-state index in [9.17, 15) is 13.5 Å². The molecule has 0 spiro atoms. The van der Waals surface area contributed by atoms with Gasteiger partial charge in [-0.05, 0) is 45.7 Å². The molecular weight excluding hydrogens is 250 g/mol.